The van der Waals surface area contributed by atoms with Gasteiger partial charge in [0, 0.05) is 18.1 Å². The molecule has 0 saturated heterocycles. The molecule has 0 fully saturated rings. The molecular weight excluding hydrogens is 210 g/mol. The van der Waals surface area contributed by atoms with Crippen molar-refractivity contribution in [1.82, 2.24) is 10.2 Å². The van der Waals surface area contributed by atoms with Crippen molar-refractivity contribution in [2.75, 3.05) is 13.1 Å². The lowest BCUT2D eigenvalue weighted by molar-refractivity contribution is 0.138. The summed E-state index contributed by atoms with van der Waals surface area (Å²) in [6.07, 6.45) is 0. The Labute approximate surface area is 108 Å². The Morgan fingerprint density at radius 1 is 1.24 bits per heavy atom. The highest BCUT2D eigenvalue weighted by Gasteiger charge is 2.21. The lowest BCUT2D eigenvalue weighted by Crippen LogP contribution is -2.44. The van der Waals surface area contributed by atoms with E-state index in [4.69, 9.17) is 0 Å². The van der Waals surface area contributed by atoms with Crippen LogP contribution in [0.15, 0.2) is 4.99 Å². The van der Waals surface area contributed by atoms with Crippen molar-refractivity contribution in [2.24, 2.45) is 4.99 Å². The van der Waals surface area contributed by atoms with Crippen LogP contribution >= 0.6 is 0 Å². The van der Waals surface area contributed by atoms with E-state index in [2.05, 4.69) is 63.7 Å². The van der Waals surface area contributed by atoms with Gasteiger partial charge in [0.2, 0.25) is 0 Å². The van der Waals surface area contributed by atoms with Gasteiger partial charge in [-0.3, -0.25) is 9.89 Å². The van der Waals surface area contributed by atoms with Crippen LogP contribution < -0.4 is 5.32 Å². The van der Waals surface area contributed by atoms with Gasteiger partial charge >= 0.3 is 0 Å². The molecule has 0 aliphatic heterocycles. The van der Waals surface area contributed by atoms with Crippen LogP contribution in [-0.2, 0) is 0 Å². The first-order valence-corrected chi connectivity index (χ1v) is 6.72. The molecular formula is C14H31N3. The molecule has 0 aliphatic carbocycles. The summed E-state index contributed by atoms with van der Waals surface area (Å²) in [5.74, 6) is 1.04. The van der Waals surface area contributed by atoms with Crippen LogP contribution in [0.3, 0.4) is 0 Å². The highest BCUT2D eigenvalue weighted by molar-refractivity contribution is 5.79. The van der Waals surface area contributed by atoms with Gasteiger partial charge in [-0.15, -0.1) is 0 Å². The lowest BCUT2D eigenvalue weighted by Gasteiger charge is -2.35. The quantitative estimate of drug-likeness (QED) is 0.592. The topological polar surface area (TPSA) is 27.6 Å². The number of nitrogens with zero attached hydrogens (tertiary/aromatic N) is 2. The molecule has 1 N–H and O–H groups in total. The molecule has 0 heterocycles. The Balaban J connectivity index is 4.38. The zero-order chi connectivity index (χ0) is 13.6. The Hall–Kier alpha value is -0.570. The van der Waals surface area contributed by atoms with Crippen molar-refractivity contribution in [3.05, 3.63) is 0 Å². The van der Waals surface area contributed by atoms with E-state index >= 15 is 0 Å². The summed E-state index contributed by atoms with van der Waals surface area (Å²) in [4.78, 5) is 7.14. The smallest absolute Gasteiger partial charge is 0.0937 e. The molecule has 0 radical (unpaired) electrons. The van der Waals surface area contributed by atoms with Crippen LogP contribution in [-0.4, -0.2) is 41.4 Å². The van der Waals surface area contributed by atoms with Gasteiger partial charge in [0.1, 0.15) is 0 Å². The zero-order valence-electron chi connectivity index (χ0n) is 13.0. The minimum absolute atomic E-state index is 0.220. The first-order chi connectivity index (χ1) is 7.66. The SMILES string of the molecule is CCN(CC(C)N=C(C)NC(C)C)C(C)(C)C. The zero-order valence-corrected chi connectivity index (χ0v) is 13.0. The summed E-state index contributed by atoms with van der Waals surface area (Å²) in [5, 5.41) is 3.34. The number of rotatable bonds is 5. The molecule has 1 atom stereocenters. The van der Waals surface area contributed by atoms with Gasteiger partial charge in [-0.25, -0.2) is 0 Å². The van der Waals surface area contributed by atoms with Crippen LogP contribution in [0.1, 0.15) is 55.4 Å². The van der Waals surface area contributed by atoms with Gasteiger partial charge in [0.05, 0.1) is 11.9 Å². The monoisotopic (exact) mass is 241 g/mol. The molecule has 0 aliphatic rings. The number of nitrogens with one attached hydrogen (secondary N) is 1. The van der Waals surface area contributed by atoms with Crippen molar-refractivity contribution >= 4 is 5.84 Å². The Bertz CT molecular complexity index is 238. The third-order valence-corrected chi connectivity index (χ3v) is 2.73. The Morgan fingerprint density at radius 2 is 1.76 bits per heavy atom. The minimum Gasteiger partial charge on any atom is -0.372 e. The number of hydrogen-bond acceptors (Lipinski definition) is 2. The van der Waals surface area contributed by atoms with Crippen LogP contribution in [0.5, 0.6) is 0 Å². The van der Waals surface area contributed by atoms with Crippen molar-refractivity contribution < 1.29 is 0 Å². The van der Waals surface area contributed by atoms with Gasteiger partial charge in [-0.1, -0.05) is 6.92 Å². The van der Waals surface area contributed by atoms with Gasteiger partial charge in [0.15, 0.2) is 0 Å². The van der Waals surface area contributed by atoms with Crippen LogP contribution in [0.4, 0.5) is 0 Å². The van der Waals surface area contributed by atoms with E-state index in [0.717, 1.165) is 18.9 Å². The molecule has 0 bridgehead atoms. The van der Waals surface area contributed by atoms with Crippen LogP contribution in [0, 0.1) is 0 Å². The molecule has 0 aromatic rings. The van der Waals surface area contributed by atoms with Crippen molar-refractivity contribution in [3.63, 3.8) is 0 Å². The molecule has 0 spiro atoms. The predicted octanol–water partition coefficient (Wildman–Crippen LogP) is 2.91. The Morgan fingerprint density at radius 3 is 2.12 bits per heavy atom. The van der Waals surface area contributed by atoms with E-state index in [0.29, 0.717) is 12.1 Å². The fourth-order valence-electron chi connectivity index (χ4n) is 2.02. The Kier molecular flexibility index (Phi) is 6.76. The summed E-state index contributed by atoms with van der Waals surface area (Å²) in [7, 11) is 0. The molecule has 0 aromatic heterocycles. The van der Waals surface area contributed by atoms with Crippen molar-refractivity contribution in [3.8, 4) is 0 Å². The summed E-state index contributed by atoms with van der Waals surface area (Å²) in [6, 6.07) is 0.788. The molecule has 1 unspecified atom stereocenters. The minimum atomic E-state index is 0.220. The van der Waals surface area contributed by atoms with Gasteiger partial charge < -0.3 is 5.32 Å². The highest BCUT2D eigenvalue weighted by atomic mass is 15.2. The molecule has 3 nitrogen and oxygen atoms in total. The standard InChI is InChI=1S/C14H31N3/c1-9-17(14(6,7)8)10-12(4)16-13(5)15-11(2)3/h11-12H,9-10H2,1-8H3,(H,15,16). The molecule has 0 rings (SSSR count). The van der Waals surface area contributed by atoms with E-state index in [-0.39, 0.29) is 5.54 Å². The molecule has 17 heavy (non-hydrogen) atoms. The van der Waals surface area contributed by atoms with Crippen LogP contribution in [0.2, 0.25) is 0 Å². The normalized spacial score (nSPS) is 15.5. The van der Waals surface area contributed by atoms with Gasteiger partial charge in [0.25, 0.3) is 0 Å². The maximum Gasteiger partial charge on any atom is 0.0937 e. The maximum atomic E-state index is 4.68. The average Bonchev–Trinajstić information content (AvgIpc) is 2.10. The number of amidine groups is 1. The van der Waals surface area contributed by atoms with E-state index < -0.39 is 0 Å². The first kappa shape index (κ1) is 16.4. The highest BCUT2D eigenvalue weighted by Crippen LogP contribution is 2.13. The summed E-state index contributed by atoms with van der Waals surface area (Å²) in [6.45, 7) is 19.6. The number of likely N-dealkylation sites (N-methyl/N-ethyl adjacent to an activating group) is 1. The van der Waals surface area contributed by atoms with Crippen LogP contribution in [0.25, 0.3) is 0 Å². The third kappa shape index (κ3) is 7.37. The largest absolute Gasteiger partial charge is 0.372 e. The average molecular weight is 241 g/mol. The van der Waals surface area contributed by atoms with Gasteiger partial charge in [-0.05, 0) is 55.0 Å². The van der Waals surface area contributed by atoms with E-state index in [1.165, 1.54) is 0 Å². The molecule has 3 heteroatoms. The first-order valence-electron chi connectivity index (χ1n) is 6.72. The summed E-state index contributed by atoms with van der Waals surface area (Å²) >= 11 is 0. The fourth-order valence-corrected chi connectivity index (χ4v) is 2.02. The third-order valence-electron chi connectivity index (χ3n) is 2.73. The van der Waals surface area contributed by atoms with Gasteiger partial charge in [-0.2, -0.15) is 0 Å². The number of aliphatic imine (C=N–C) groups is 1. The predicted molar refractivity (Wildman–Crippen MR) is 77.8 cm³/mol. The van der Waals surface area contributed by atoms with E-state index in [9.17, 15) is 0 Å². The lowest BCUT2D eigenvalue weighted by atomic mass is 10.1. The summed E-state index contributed by atoms with van der Waals surface area (Å²) in [5.41, 5.74) is 0.220. The molecule has 102 valence electrons. The summed E-state index contributed by atoms with van der Waals surface area (Å²) < 4.78 is 0. The van der Waals surface area contributed by atoms with Crippen molar-refractivity contribution in [2.45, 2.75) is 73.0 Å². The second-order valence-corrected chi connectivity index (χ2v) is 6.07. The molecule has 0 aromatic carbocycles. The second-order valence-electron chi connectivity index (χ2n) is 6.07. The maximum absolute atomic E-state index is 4.68. The second kappa shape index (κ2) is 7.00. The molecule has 0 amide bonds. The van der Waals surface area contributed by atoms with Crippen molar-refractivity contribution in [1.29, 1.82) is 0 Å². The molecule has 0 saturated carbocycles. The number of hydrogen-bond donors (Lipinski definition) is 1. The fraction of sp³-hybridized carbons (Fsp3) is 0.929. The van der Waals surface area contributed by atoms with E-state index in [1.807, 2.05) is 6.92 Å². The van der Waals surface area contributed by atoms with E-state index in [1.54, 1.807) is 0 Å².